The molecule has 1 amide bonds. The van der Waals surface area contributed by atoms with E-state index in [9.17, 15) is 4.79 Å². The molecule has 5 nitrogen and oxygen atoms in total. The van der Waals surface area contributed by atoms with Crippen LogP contribution < -0.4 is 5.32 Å². The smallest absolute Gasteiger partial charge is 0.251 e. The summed E-state index contributed by atoms with van der Waals surface area (Å²) in [5.41, 5.74) is 1.18. The first kappa shape index (κ1) is 12.5. The van der Waals surface area contributed by atoms with Crippen molar-refractivity contribution < 1.29 is 9.53 Å². The van der Waals surface area contributed by atoms with Crippen LogP contribution in [-0.2, 0) is 11.2 Å². The van der Waals surface area contributed by atoms with Gasteiger partial charge in [0.15, 0.2) is 0 Å². The summed E-state index contributed by atoms with van der Waals surface area (Å²) >= 11 is 0. The number of hydrogen-bond acceptors (Lipinski definition) is 4. The van der Waals surface area contributed by atoms with Gasteiger partial charge in [0.25, 0.3) is 5.91 Å². The Kier molecular flexibility index (Phi) is 4.26. The molecule has 5 heteroatoms. The molecule has 0 saturated carbocycles. The lowest BCUT2D eigenvalue weighted by atomic mass is 10.1. The van der Waals surface area contributed by atoms with Gasteiger partial charge >= 0.3 is 0 Å². The molecule has 0 unspecified atom stereocenters. The Hall–Kier alpha value is -1.93. The molecule has 1 aliphatic rings. The van der Waals surface area contributed by atoms with Crippen LogP contribution >= 0.6 is 0 Å². The summed E-state index contributed by atoms with van der Waals surface area (Å²) in [5, 5.41) is 11.6. The van der Waals surface area contributed by atoms with Gasteiger partial charge in [0.1, 0.15) is 0 Å². The predicted octanol–water partition coefficient (Wildman–Crippen LogP) is 1.06. The molecule has 0 radical (unpaired) electrons. The minimum atomic E-state index is -0.108. The summed E-state index contributed by atoms with van der Waals surface area (Å²) in [6, 6.07) is 5.53. The number of carbonyl (C=O) groups is 1. The summed E-state index contributed by atoms with van der Waals surface area (Å²) < 4.78 is 5.24. The van der Waals surface area contributed by atoms with Crippen molar-refractivity contribution >= 4 is 5.91 Å². The van der Waals surface area contributed by atoms with Gasteiger partial charge in [0.2, 0.25) is 0 Å². The number of rotatable bonds is 3. The highest BCUT2D eigenvalue weighted by atomic mass is 16.5. The van der Waals surface area contributed by atoms with Crippen LogP contribution in [0.5, 0.6) is 0 Å². The van der Waals surface area contributed by atoms with E-state index < -0.39 is 0 Å². The van der Waals surface area contributed by atoms with Gasteiger partial charge < -0.3 is 10.1 Å². The van der Waals surface area contributed by atoms with Crippen LogP contribution in [0.1, 0.15) is 28.9 Å². The first-order valence-corrected chi connectivity index (χ1v) is 6.00. The number of pyridine rings is 1. The Morgan fingerprint density at radius 2 is 2.33 bits per heavy atom. The monoisotopic (exact) mass is 245 g/mol. The maximum absolute atomic E-state index is 12.0. The zero-order valence-corrected chi connectivity index (χ0v) is 10.1. The molecule has 1 saturated heterocycles. The second kappa shape index (κ2) is 6.12. The van der Waals surface area contributed by atoms with Crippen molar-refractivity contribution in [3.05, 3.63) is 29.6 Å². The van der Waals surface area contributed by atoms with Crippen molar-refractivity contribution in [3.8, 4) is 6.07 Å². The van der Waals surface area contributed by atoms with Crippen LogP contribution in [0.2, 0.25) is 0 Å². The third-order valence-electron chi connectivity index (χ3n) is 2.90. The molecular formula is C13H15N3O2. The van der Waals surface area contributed by atoms with Crippen LogP contribution in [0.4, 0.5) is 0 Å². The first-order valence-electron chi connectivity index (χ1n) is 6.00. The van der Waals surface area contributed by atoms with E-state index in [1.54, 1.807) is 18.3 Å². The van der Waals surface area contributed by atoms with Gasteiger partial charge in [-0.05, 0) is 25.0 Å². The Morgan fingerprint density at radius 3 is 3.06 bits per heavy atom. The average molecular weight is 245 g/mol. The van der Waals surface area contributed by atoms with Crippen LogP contribution in [0.25, 0.3) is 0 Å². The second-order valence-electron chi connectivity index (χ2n) is 4.23. The minimum absolute atomic E-state index is 0.108. The molecule has 94 valence electrons. The molecule has 1 aromatic heterocycles. The van der Waals surface area contributed by atoms with Gasteiger partial charge in [-0.15, -0.1) is 0 Å². The minimum Gasteiger partial charge on any atom is -0.381 e. The van der Waals surface area contributed by atoms with Gasteiger partial charge in [-0.1, -0.05) is 0 Å². The molecular weight excluding hydrogens is 230 g/mol. The van der Waals surface area contributed by atoms with E-state index in [-0.39, 0.29) is 18.4 Å². The fourth-order valence-corrected chi connectivity index (χ4v) is 1.91. The maximum Gasteiger partial charge on any atom is 0.251 e. The predicted molar refractivity (Wildman–Crippen MR) is 64.9 cm³/mol. The zero-order chi connectivity index (χ0) is 12.8. The van der Waals surface area contributed by atoms with Gasteiger partial charge in [-0.25, -0.2) is 0 Å². The standard InChI is InChI=1S/C13H15N3O2/c14-5-1-12-9-10(2-6-15-12)13(17)16-11-3-7-18-8-4-11/h2,6,9,11H,1,3-4,7-8H2,(H,16,17). The summed E-state index contributed by atoms with van der Waals surface area (Å²) in [5.74, 6) is -0.108. The van der Waals surface area contributed by atoms with Crippen molar-refractivity contribution in [1.82, 2.24) is 10.3 Å². The molecule has 1 fully saturated rings. The fraction of sp³-hybridized carbons (Fsp3) is 0.462. The number of nitrogens with zero attached hydrogens (tertiary/aromatic N) is 2. The Bertz CT molecular complexity index is 462. The molecule has 0 aliphatic carbocycles. The van der Waals surface area contributed by atoms with Crippen molar-refractivity contribution in [2.75, 3.05) is 13.2 Å². The molecule has 1 aliphatic heterocycles. The van der Waals surface area contributed by atoms with Crippen LogP contribution in [-0.4, -0.2) is 30.1 Å². The molecule has 0 bridgehead atoms. The van der Waals surface area contributed by atoms with E-state index >= 15 is 0 Å². The molecule has 0 spiro atoms. The van der Waals surface area contributed by atoms with Crippen molar-refractivity contribution in [3.63, 3.8) is 0 Å². The normalized spacial score (nSPS) is 15.9. The summed E-state index contributed by atoms with van der Waals surface area (Å²) in [6.45, 7) is 1.39. The number of carbonyl (C=O) groups excluding carboxylic acids is 1. The number of hydrogen-bond donors (Lipinski definition) is 1. The highest BCUT2D eigenvalue weighted by Gasteiger charge is 2.17. The summed E-state index contributed by atoms with van der Waals surface area (Å²) in [7, 11) is 0. The number of amides is 1. The Labute approximate surface area is 106 Å². The van der Waals surface area contributed by atoms with Crippen molar-refractivity contribution in [2.45, 2.75) is 25.3 Å². The zero-order valence-electron chi connectivity index (χ0n) is 10.1. The number of ether oxygens (including phenoxy) is 1. The van der Waals surface area contributed by atoms with Gasteiger partial charge in [-0.3, -0.25) is 9.78 Å². The molecule has 1 aromatic rings. The van der Waals surface area contributed by atoms with E-state index in [1.165, 1.54) is 0 Å². The molecule has 2 heterocycles. The average Bonchev–Trinajstić information content (AvgIpc) is 2.40. The van der Waals surface area contributed by atoms with Gasteiger partial charge in [-0.2, -0.15) is 5.26 Å². The number of nitrogens with one attached hydrogen (secondary N) is 1. The topological polar surface area (TPSA) is 75.0 Å². The highest BCUT2D eigenvalue weighted by Crippen LogP contribution is 2.08. The molecule has 1 N–H and O–H groups in total. The highest BCUT2D eigenvalue weighted by molar-refractivity contribution is 5.94. The third-order valence-corrected chi connectivity index (χ3v) is 2.90. The first-order chi connectivity index (χ1) is 8.79. The van der Waals surface area contributed by atoms with Crippen molar-refractivity contribution in [1.29, 1.82) is 5.26 Å². The van der Waals surface area contributed by atoms with Gasteiger partial charge in [0, 0.05) is 31.0 Å². The Morgan fingerprint density at radius 1 is 1.56 bits per heavy atom. The SMILES string of the molecule is N#CCc1cc(C(=O)NC2CCOCC2)ccn1. The van der Waals surface area contributed by atoms with E-state index in [2.05, 4.69) is 10.3 Å². The van der Waals surface area contributed by atoms with Crippen LogP contribution in [0.3, 0.4) is 0 Å². The summed E-state index contributed by atoms with van der Waals surface area (Å²) in [6.07, 6.45) is 3.48. The van der Waals surface area contributed by atoms with Crippen molar-refractivity contribution in [2.24, 2.45) is 0 Å². The van der Waals surface area contributed by atoms with E-state index in [1.807, 2.05) is 6.07 Å². The Balaban J connectivity index is 1.99. The van der Waals surface area contributed by atoms with E-state index in [4.69, 9.17) is 10.00 Å². The third kappa shape index (κ3) is 3.28. The van der Waals surface area contributed by atoms with Gasteiger partial charge in [0.05, 0.1) is 18.2 Å². The van der Waals surface area contributed by atoms with Crippen LogP contribution in [0, 0.1) is 11.3 Å². The quantitative estimate of drug-likeness (QED) is 0.863. The second-order valence-corrected chi connectivity index (χ2v) is 4.23. The molecule has 2 rings (SSSR count). The van der Waals surface area contributed by atoms with Crippen LogP contribution in [0.15, 0.2) is 18.3 Å². The number of aromatic nitrogens is 1. The maximum atomic E-state index is 12.0. The molecule has 0 aromatic carbocycles. The lowest BCUT2D eigenvalue weighted by molar-refractivity contribution is 0.0696. The van der Waals surface area contributed by atoms with E-state index in [0.29, 0.717) is 24.5 Å². The fourth-order valence-electron chi connectivity index (χ4n) is 1.91. The summed E-state index contributed by atoms with van der Waals surface area (Å²) in [4.78, 5) is 16.0. The largest absolute Gasteiger partial charge is 0.381 e. The molecule has 0 atom stereocenters. The number of nitriles is 1. The lowest BCUT2D eigenvalue weighted by Gasteiger charge is -2.23. The lowest BCUT2D eigenvalue weighted by Crippen LogP contribution is -2.38. The van der Waals surface area contributed by atoms with E-state index in [0.717, 1.165) is 12.8 Å². The molecule has 18 heavy (non-hydrogen) atoms.